The molecule has 12 heavy (non-hydrogen) atoms. The van der Waals surface area contributed by atoms with E-state index in [-0.39, 0.29) is 0 Å². The Kier molecular flexibility index (Phi) is 5.32. The van der Waals surface area contributed by atoms with Crippen molar-refractivity contribution >= 4 is 0 Å². The summed E-state index contributed by atoms with van der Waals surface area (Å²) in [5.74, 6) is 0. The predicted molar refractivity (Wildman–Crippen MR) is 50.4 cm³/mol. The highest BCUT2D eigenvalue weighted by Crippen LogP contribution is 2.05. The molecular formula is C9H20N2O. The van der Waals surface area contributed by atoms with Crippen LogP contribution in [0.4, 0.5) is 0 Å². The van der Waals surface area contributed by atoms with Crippen LogP contribution in [-0.4, -0.2) is 39.4 Å². The van der Waals surface area contributed by atoms with E-state index in [1.165, 1.54) is 19.3 Å². The Balaban J connectivity index is 1.91. The molecule has 72 valence electrons. The minimum atomic E-state index is 0.704. The topological polar surface area (TPSA) is 33.3 Å². The Morgan fingerprint density at radius 3 is 2.67 bits per heavy atom. The fourth-order valence-corrected chi connectivity index (χ4v) is 1.47. The van der Waals surface area contributed by atoms with Crippen LogP contribution < -0.4 is 10.6 Å². The van der Waals surface area contributed by atoms with Gasteiger partial charge in [-0.2, -0.15) is 0 Å². The van der Waals surface area contributed by atoms with E-state index >= 15 is 0 Å². The highest BCUT2D eigenvalue weighted by Gasteiger charge is 2.11. The molecule has 0 radical (unpaired) electrons. The van der Waals surface area contributed by atoms with Crippen molar-refractivity contribution in [2.75, 3.05) is 33.4 Å². The molecule has 0 aliphatic carbocycles. The van der Waals surface area contributed by atoms with Crippen molar-refractivity contribution in [3.8, 4) is 0 Å². The van der Waals surface area contributed by atoms with E-state index in [2.05, 4.69) is 10.6 Å². The van der Waals surface area contributed by atoms with Crippen LogP contribution in [-0.2, 0) is 4.74 Å². The van der Waals surface area contributed by atoms with Gasteiger partial charge in [-0.15, -0.1) is 0 Å². The minimum Gasteiger partial charge on any atom is -0.381 e. The van der Waals surface area contributed by atoms with Gasteiger partial charge in [-0.1, -0.05) is 0 Å². The summed E-state index contributed by atoms with van der Waals surface area (Å²) in [4.78, 5) is 0. The lowest BCUT2D eigenvalue weighted by Gasteiger charge is -2.23. The van der Waals surface area contributed by atoms with Gasteiger partial charge in [-0.25, -0.2) is 0 Å². The molecule has 1 heterocycles. The normalized spacial score (nSPS) is 19.8. The maximum Gasteiger partial charge on any atom is 0.0480 e. The van der Waals surface area contributed by atoms with Crippen molar-refractivity contribution in [1.82, 2.24) is 10.6 Å². The summed E-state index contributed by atoms with van der Waals surface area (Å²) >= 11 is 0. The molecule has 0 bridgehead atoms. The zero-order valence-corrected chi connectivity index (χ0v) is 7.94. The average molecular weight is 172 g/mol. The van der Waals surface area contributed by atoms with Gasteiger partial charge in [0.05, 0.1) is 0 Å². The van der Waals surface area contributed by atoms with Gasteiger partial charge in [0.25, 0.3) is 0 Å². The van der Waals surface area contributed by atoms with E-state index < -0.39 is 0 Å². The monoisotopic (exact) mass is 172 g/mol. The Bertz CT molecular complexity index is 103. The molecule has 0 saturated carbocycles. The van der Waals surface area contributed by atoms with Crippen molar-refractivity contribution in [2.24, 2.45) is 0 Å². The molecule has 1 aliphatic rings. The minimum absolute atomic E-state index is 0.704. The molecule has 0 spiro atoms. The zero-order chi connectivity index (χ0) is 8.65. The summed E-state index contributed by atoms with van der Waals surface area (Å²) in [5.41, 5.74) is 0. The van der Waals surface area contributed by atoms with Crippen LogP contribution >= 0.6 is 0 Å². The first-order valence-electron chi connectivity index (χ1n) is 4.89. The lowest BCUT2D eigenvalue weighted by atomic mass is 10.1. The largest absolute Gasteiger partial charge is 0.381 e. The summed E-state index contributed by atoms with van der Waals surface area (Å²) in [5, 5.41) is 6.68. The first-order valence-corrected chi connectivity index (χ1v) is 4.89. The Morgan fingerprint density at radius 2 is 2.00 bits per heavy atom. The third-order valence-corrected chi connectivity index (χ3v) is 2.26. The van der Waals surface area contributed by atoms with Crippen molar-refractivity contribution in [3.05, 3.63) is 0 Å². The second kappa shape index (κ2) is 6.40. The van der Waals surface area contributed by atoms with Gasteiger partial charge in [0.15, 0.2) is 0 Å². The number of ether oxygens (including phenoxy) is 1. The summed E-state index contributed by atoms with van der Waals surface area (Å²) in [6.45, 7) is 4.11. The third-order valence-electron chi connectivity index (χ3n) is 2.26. The van der Waals surface area contributed by atoms with E-state index in [1.807, 2.05) is 7.05 Å². The highest BCUT2D eigenvalue weighted by molar-refractivity contribution is 4.69. The molecule has 0 aromatic heterocycles. The number of rotatable bonds is 5. The third kappa shape index (κ3) is 4.04. The molecule has 0 atom stereocenters. The van der Waals surface area contributed by atoms with Crippen LogP contribution in [0.2, 0.25) is 0 Å². The number of hydrogen-bond acceptors (Lipinski definition) is 3. The van der Waals surface area contributed by atoms with Crippen molar-refractivity contribution in [2.45, 2.75) is 25.3 Å². The quantitative estimate of drug-likeness (QED) is 0.588. The van der Waals surface area contributed by atoms with Gasteiger partial charge in [0, 0.05) is 19.3 Å². The fourth-order valence-electron chi connectivity index (χ4n) is 1.47. The molecule has 1 aliphatic heterocycles. The van der Waals surface area contributed by atoms with E-state index in [1.54, 1.807) is 0 Å². The highest BCUT2D eigenvalue weighted by atomic mass is 16.5. The van der Waals surface area contributed by atoms with E-state index in [0.29, 0.717) is 6.04 Å². The SMILES string of the molecule is CNCCCNC1CCOCC1. The molecule has 1 saturated heterocycles. The number of nitrogens with one attached hydrogen (secondary N) is 2. The van der Waals surface area contributed by atoms with Gasteiger partial charge in [-0.3, -0.25) is 0 Å². The van der Waals surface area contributed by atoms with Gasteiger partial charge in [0.1, 0.15) is 0 Å². The van der Waals surface area contributed by atoms with Crippen LogP contribution in [0.3, 0.4) is 0 Å². The molecule has 3 heteroatoms. The molecule has 2 N–H and O–H groups in total. The lowest BCUT2D eigenvalue weighted by Crippen LogP contribution is -2.36. The summed E-state index contributed by atoms with van der Waals surface area (Å²) in [7, 11) is 1.99. The van der Waals surface area contributed by atoms with E-state index in [0.717, 1.165) is 26.3 Å². The fraction of sp³-hybridized carbons (Fsp3) is 1.00. The van der Waals surface area contributed by atoms with Gasteiger partial charge in [0.2, 0.25) is 0 Å². The number of hydrogen-bond donors (Lipinski definition) is 2. The maximum absolute atomic E-state index is 5.27. The first kappa shape index (κ1) is 9.96. The standard InChI is InChI=1S/C9H20N2O/c1-10-5-2-6-11-9-3-7-12-8-4-9/h9-11H,2-8H2,1H3. The Labute approximate surface area is 74.9 Å². The molecule has 1 fully saturated rings. The van der Waals surface area contributed by atoms with Crippen LogP contribution in [0.5, 0.6) is 0 Å². The van der Waals surface area contributed by atoms with Crippen LogP contribution in [0.1, 0.15) is 19.3 Å². The molecule has 3 nitrogen and oxygen atoms in total. The summed E-state index contributed by atoms with van der Waals surface area (Å²) in [6, 6.07) is 0.704. The van der Waals surface area contributed by atoms with Crippen molar-refractivity contribution < 1.29 is 4.74 Å². The van der Waals surface area contributed by atoms with Crippen LogP contribution in [0, 0.1) is 0 Å². The molecule has 0 unspecified atom stereocenters. The summed E-state index contributed by atoms with van der Waals surface area (Å²) < 4.78 is 5.27. The van der Waals surface area contributed by atoms with Crippen LogP contribution in [0.25, 0.3) is 0 Å². The van der Waals surface area contributed by atoms with Gasteiger partial charge >= 0.3 is 0 Å². The first-order chi connectivity index (χ1) is 5.93. The molecule has 0 aromatic carbocycles. The maximum atomic E-state index is 5.27. The zero-order valence-electron chi connectivity index (χ0n) is 7.94. The lowest BCUT2D eigenvalue weighted by molar-refractivity contribution is 0.0780. The van der Waals surface area contributed by atoms with Crippen molar-refractivity contribution in [3.63, 3.8) is 0 Å². The summed E-state index contributed by atoms with van der Waals surface area (Å²) in [6.07, 6.45) is 3.58. The van der Waals surface area contributed by atoms with Gasteiger partial charge < -0.3 is 15.4 Å². The second-order valence-electron chi connectivity index (χ2n) is 3.30. The average Bonchev–Trinajstić information content (AvgIpc) is 2.14. The Morgan fingerprint density at radius 1 is 1.25 bits per heavy atom. The van der Waals surface area contributed by atoms with Gasteiger partial charge in [-0.05, 0) is 39.4 Å². The molecule has 0 aromatic rings. The molecular weight excluding hydrogens is 152 g/mol. The smallest absolute Gasteiger partial charge is 0.0480 e. The van der Waals surface area contributed by atoms with E-state index in [9.17, 15) is 0 Å². The second-order valence-corrected chi connectivity index (χ2v) is 3.30. The predicted octanol–water partition coefficient (Wildman–Crippen LogP) is 0.364. The van der Waals surface area contributed by atoms with Crippen molar-refractivity contribution in [1.29, 1.82) is 0 Å². The van der Waals surface area contributed by atoms with E-state index in [4.69, 9.17) is 4.74 Å². The Hall–Kier alpha value is -0.120. The molecule has 0 amide bonds. The van der Waals surface area contributed by atoms with Crippen LogP contribution in [0.15, 0.2) is 0 Å². The molecule has 1 rings (SSSR count).